The number of hydrogen-bond acceptors (Lipinski definition) is 4. The van der Waals surface area contributed by atoms with Gasteiger partial charge in [0.25, 0.3) is 0 Å². The number of rotatable bonds is 3. The van der Waals surface area contributed by atoms with Crippen molar-refractivity contribution in [2.45, 2.75) is 4.90 Å². The minimum Gasteiger partial charge on any atom is -0.744 e. The van der Waals surface area contributed by atoms with E-state index in [0.29, 0.717) is 5.75 Å². The molecule has 1 heterocycles. The van der Waals surface area contributed by atoms with Gasteiger partial charge in [-0.05, 0) is 54.1 Å². The molecule has 0 saturated carbocycles. The molecule has 3 aromatic rings. The van der Waals surface area contributed by atoms with Crippen LogP contribution in [0, 0.1) is 0 Å². The molecule has 140 valence electrons. The lowest BCUT2D eigenvalue weighted by atomic mass is 10.2. The molecule has 0 fully saturated rings. The maximum Gasteiger partial charge on any atom is 0.204 e. The lowest BCUT2D eigenvalue weighted by Gasteiger charge is -2.05. The summed E-state index contributed by atoms with van der Waals surface area (Å²) in [6, 6.07) is 18.7. The largest absolute Gasteiger partial charge is 0.744 e. The highest BCUT2D eigenvalue weighted by molar-refractivity contribution is 9.10. The van der Waals surface area contributed by atoms with E-state index in [4.69, 9.17) is 5.11 Å². The zero-order valence-electron chi connectivity index (χ0n) is 14.5. The van der Waals surface area contributed by atoms with Crippen LogP contribution in [0.25, 0.3) is 12.2 Å². The summed E-state index contributed by atoms with van der Waals surface area (Å²) < 4.78 is 33.9. The molecular weight excluding hydrogens is 430 g/mol. The number of hydrogen-bond donors (Lipinski definition) is 1. The van der Waals surface area contributed by atoms with Crippen LogP contribution >= 0.6 is 15.9 Å². The van der Waals surface area contributed by atoms with Crippen LogP contribution in [0.1, 0.15) is 11.3 Å². The van der Waals surface area contributed by atoms with Crippen molar-refractivity contribution in [3.63, 3.8) is 0 Å². The Morgan fingerprint density at radius 1 is 0.963 bits per heavy atom. The third-order valence-electron chi connectivity index (χ3n) is 3.54. The predicted octanol–water partition coefficient (Wildman–Crippen LogP) is 3.74. The van der Waals surface area contributed by atoms with Gasteiger partial charge in [0.2, 0.25) is 5.69 Å². The van der Waals surface area contributed by atoms with Gasteiger partial charge in [-0.2, -0.15) is 0 Å². The molecule has 27 heavy (non-hydrogen) atoms. The summed E-state index contributed by atoms with van der Waals surface area (Å²) in [5.74, 6) is 0.294. The zero-order chi connectivity index (χ0) is 19.9. The molecule has 0 aliphatic rings. The third kappa shape index (κ3) is 6.97. The molecule has 0 unspecified atom stereocenters. The van der Waals surface area contributed by atoms with Gasteiger partial charge in [-0.25, -0.2) is 13.0 Å². The van der Waals surface area contributed by atoms with E-state index in [2.05, 4.69) is 26.6 Å². The molecule has 3 rings (SSSR count). The van der Waals surface area contributed by atoms with E-state index >= 15 is 0 Å². The van der Waals surface area contributed by atoms with E-state index in [0.717, 1.165) is 15.7 Å². The van der Waals surface area contributed by atoms with Crippen molar-refractivity contribution in [1.82, 2.24) is 0 Å². The Morgan fingerprint density at radius 3 is 2.15 bits per heavy atom. The Balaban J connectivity index is 0.000000208. The van der Waals surface area contributed by atoms with Crippen LogP contribution in [0.3, 0.4) is 0 Å². The Bertz CT molecular complexity index is 1010. The highest BCUT2D eigenvalue weighted by atomic mass is 79.9. The number of phenols is 1. The number of nitrogens with zero attached hydrogens (tertiary/aromatic N) is 1. The maximum atomic E-state index is 10.4. The van der Waals surface area contributed by atoms with Gasteiger partial charge in [0.15, 0.2) is 6.20 Å². The van der Waals surface area contributed by atoms with E-state index in [-0.39, 0.29) is 4.90 Å². The van der Waals surface area contributed by atoms with E-state index in [1.165, 1.54) is 24.3 Å². The smallest absolute Gasteiger partial charge is 0.204 e. The average Bonchev–Trinajstić information content (AvgIpc) is 2.63. The van der Waals surface area contributed by atoms with E-state index in [1.807, 2.05) is 49.7 Å². The van der Waals surface area contributed by atoms with Crippen molar-refractivity contribution in [3.05, 3.63) is 88.7 Å². The molecule has 1 N–H and O–H groups in total. The summed E-state index contributed by atoms with van der Waals surface area (Å²) in [6.07, 6.45) is 6.08. The Morgan fingerprint density at radius 2 is 1.59 bits per heavy atom. The summed E-state index contributed by atoms with van der Waals surface area (Å²) in [4.78, 5) is -0.208. The summed E-state index contributed by atoms with van der Waals surface area (Å²) >= 11 is 3.12. The second-order valence-electron chi connectivity index (χ2n) is 5.57. The number of halogens is 1. The van der Waals surface area contributed by atoms with Crippen LogP contribution in [0.5, 0.6) is 5.75 Å². The molecular formula is C20H18BrNO4S. The Hall–Kier alpha value is -2.48. The van der Waals surface area contributed by atoms with Gasteiger partial charge in [0, 0.05) is 22.7 Å². The van der Waals surface area contributed by atoms with Gasteiger partial charge in [-0.1, -0.05) is 28.1 Å². The second kappa shape index (κ2) is 9.45. The van der Waals surface area contributed by atoms with Crippen LogP contribution in [0.4, 0.5) is 0 Å². The summed E-state index contributed by atoms with van der Waals surface area (Å²) in [5.41, 5.74) is 2.21. The SMILES string of the molecule is C[n+]1ccccc1/C=C/c1ccc(O)cc1.O=S(=O)([O-])c1ccc(Br)cc1. The highest BCUT2D eigenvalue weighted by Crippen LogP contribution is 2.14. The van der Waals surface area contributed by atoms with Crippen molar-refractivity contribution < 1.29 is 22.6 Å². The lowest BCUT2D eigenvalue weighted by molar-refractivity contribution is -0.673. The zero-order valence-corrected chi connectivity index (χ0v) is 16.9. The topological polar surface area (TPSA) is 81.3 Å². The third-order valence-corrected chi connectivity index (χ3v) is 4.92. The first-order valence-corrected chi connectivity index (χ1v) is 10.1. The average molecular weight is 448 g/mol. The first-order valence-electron chi connectivity index (χ1n) is 7.89. The summed E-state index contributed by atoms with van der Waals surface area (Å²) in [6.45, 7) is 0. The first-order chi connectivity index (χ1) is 12.8. The number of benzene rings is 2. The normalized spacial score (nSPS) is 11.1. The quantitative estimate of drug-likeness (QED) is 0.489. The molecule has 1 aromatic heterocycles. The first kappa shape index (κ1) is 20.8. The minimum absolute atomic E-state index is 0.208. The van der Waals surface area contributed by atoms with Crippen LogP contribution in [0.15, 0.2) is 82.3 Å². The highest BCUT2D eigenvalue weighted by Gasteiger charge is 1.99. The molecule has 0 radical (unpaired) electrons. The number of aromatic hydroxyl groups is 1. The summed E-state index contributed by atoms with van der Waals surface area (Å²) in [5, 5.41) is 9.16. The molecule has 5 nitrogen and oxygen atoms in total. The van der Waals surface area contributed by atoms with Crippen LogP contribution < -0.4 is 4.57 Å². The molecule has 7 heteroatoms. The van der Waals surface area contributed by atoms with Gasteiger partial charge in [-0.15, -0.1) is 0 Å². The Kier molecular flexibility index (Phi) is 7.29. The fourth-order valence-corrected chi connectivity index (χ4v) is 2.81. The monoisotopic (exact) mass is 447 g/mol. The summed E-state index contributed by atoms with van der Waals surface area (Å²) in [7, 11) is -2.28. The molecule has 0 saturated heterocycles. The standard InChI is InChI=1S/C14H13NO.C6H5BrO3S/c1-15-11-3-2-4-13(15)8-5-12-6-9-14(16)10-7-12;7-5-1-3-6(4-2-5)11(8,9)10/h2-11H,1H3;1-4H,(H,8,9,10). The predicted molar refractivity (Wildman–Crippen MR) is 107 cm³/mol. The van der Waals surface area contributed by atoms with E-state index < -0.39 is 10.1 Å². The molecule has 0 atom stereocenters. The molecule has 0 amide bonds. The van der Waals surface area contributed by atoms with Gasteiger partial charge in [-0.3, -0.25) is 0 Å². The van der Waals surface area contributed by atoms with E-state index in [1.54, 1.807) is 12.1 Å². The molecule has 0 aliphatic carbocycles. The molecule has 0 bridgehead atoms. The van der Waals surface area contributed by atoms with Crippen LogP contribution in [-0.4, -0.2) is 18.1 Å². The number of pyridine rings is 1. The maximum absolute atomic E-state index is 10.4. The van der Waals surface area contributed by atoms with Crippen molar-refractivity contribution in [3.8, 4) is 5.75 Å². The fourth-order valence-electron chi connectivity index (χ4n) is 2.08. The minimum atomic E-state index is -4.29. The van der Waals surface area contributed by atoms with Crippen molar-refractivity contribution >= 4 is 38.2 Å². The molecule has 2 aromatic carbocycles. The van der Waals surface area contributed by atoms with Gasteiger partial charge >= 0.3 is 0 Å². The van der Waals surface area contributed by atoms with Gasteiger partial charge in [0.05, 0.1) is 4.90 Å². The molecule has 0 spiro atoms. The fraction of sp³-hybridized carbons (Fsp3) is 0.0500. The van der Waals surface area contributed by atoms with Gasteiger partial charge < -0.3 is 9.66 Å². The van der Waals surface area contributed by atoms with E-state index in [9.17, 15) is 13.0 Å². The Labute approximate surface area is 167 Å². The van der Waals surface area contributed by atoms with Crippen LogP contribution in [0.2, 0.25) is 0 Å². The van der Waals surface area contributed by atoms with Crippen LogP contribution in [-0.2, 0) is 17.2 Å². The number of aryl methyl sites for hydroxylation is 1. The number of phenolic OH excluding ortho intramolecular Hbond substituents is 1. The molecule has 0 aliphatic heterocycles. The van der Waals surface area contributed by atoms with Crippen molar-refractivity contribution in [2.24, 2.45) is 7.05 Å². The van der Waals surface area contributed by atoms with Crippen molar-refractivity contribution in [1.29, 1.82) is 0 Å². The second-order valence-corrected chi connectivity index (χ2v) is 7.86. The van der Waals surface area contributed by atoms with Gasteiger partial charge in [0.1, 0.15) is 22.9 Å². The van der Waals surface area contributed by atoms with Crippen molar-refractivity contribution in [2.75, 3.05) is 0 Å². The number of aromatic nitrogens is 1. The lowest BCUT2D eigenvalue weighted by Crippen LogP contribution is -2.30.